The Kier molecular flexibility index (Phi) is 3.77. The van der Waals surface area contributed by atoms with Crippen LogP contribution in [0.25, 0.3) is 0 Å². The fourth-order valence-corrected chi connectivity index (χ4v) is 1.15. The smallest absolute Gasteiger partial charge is 0.0740 e. The maximum absolute atomic E-state index is 5.76. The van der Waals surface area contributed by atoms with E-state index in [1.54, 1.807) is 0 Å². The molecule has 1 atom stereocenters. The molecule has 3 N–H and O–H groups in total. The van der Waals surface area contributed by atoms with E-state index in [9.17, 15) is 0 Å². The van der Waals surface area contributed by atoms with Crippen LogP contribution in [-0.2, 0) is 6.42 Å². The Morgan fingerprint density at radius 2 is 1.85 bits per heavy atom. The molecule has 0 bridgehead atoms. The van der Waals surface area contributed by atoms with Crippen LogP contribution in [0.5, 0.6) is 0 Å². The molecule has 0 amide bonds. The zero-order chi connectivity index (χ0) is 9.68. The number of rotatable bonds is 4. The summed E-state index contributed by atoms with van der Waals surface area (Å²) in [5.74, 6) is 0. The van der Waals surface area contributed by atoms with Crippen LogP contribution in [0.1, 0.15) is 25.8 Å². The molecule has 0 radical (unpaired) electrons. The van der Waals surface area contributed by atoms with Crippen molar-refractivity contribution in [2.24, 2.45) is 5.73 Å². The first kappa shape index (κ1) is 10.1. The lowest BCUT2D eigenvalue weighted by Gasteiger charge is -2.12. The molecule has 1 aromatic rings. The molecular weight excluding hydrogens is 160 g/mol. The third-order valence-electron chi connectivity index (χ3n) is 2.15. The van der Waals surface area contributed by atoms with Crippen LogP contribution in [0.4, 0.5) is 5.69 Å². The van der Waals surface area contributed by atoms with Crippen LogP contribution in [0.2, 0.25) is 0 Å². The molecule has 0 aliphatic heterocycles. The minimum absolute atomic E-state index is 0.0625. The molecule has 2 heteroatoms. The third kappa shape index (κ3) is 3.07. The van der Waals surface area contributed by atoms with Gasteiger partial charge >= 0.3 is 0 Å². The van der Waals surface area contributed by atoms with Crippen LogP contribution in [0, 0.1) is 0 Å². The molecule has 1 unspecified atom stereocenters. The van der Waals surface area contributed by atoms with Gasteiger partial charge in [-0.25, -0.2) is 0 Å². The summed E-state index contributed by atoms with van der Waals surface area (Å²) in [5.41, 5.74) is 8.22. The van der Waals surface area contributed by atoms with E-state index in [0.29, 0.717) is 0 Å². The Morgan fingerprint density at radius 3 is 2.31 bits per heavy atom. The lowest BCUT2D eigenvalue weighted by atomic mass is 10.1. The zero-order valence-electron chi connectivity index (χ0n) is 8.38. The minimum atomic E-state index is 0.0625. The van der Waals surface area contributed by atoms with Crippen molar-refractivity contribution in [3.05, 3.63) is 29.8 Å². The topological polar surface area (TPSA) is 38.0 Å². The Morgan fingerprint density at radius 1 is 1.23 bits per heavy atom. The zero-order valence-corrected chi connectivity index (χ0v) is 8.38. The van der Waals surface area contributed by atoms with E-state index in [2.05, 4.69) is 43.4 Å². The SMILES string of the molecule is CCc1ccc(NC(N)CC)cc1. The highest BCUT2D eigenvalue weighted by molar-refractivity contribution is 5.45. The summed E-state index contributed by atoms with van der Waals surface area (Å²) in [5, 5.41) is 3.22. The van der Waals surface area contributed by atoms with Crippen molar-refractivity contribution in [2.45, 2.75) is 32.9 Å². The molecular formula is C11H18N2. The number of anilines is 1. The van der Waals surface area contributed by atoms with E-state index >= 15 is 0 Å². The number of hydrogen-bond acceptors (Lipinski definition) is 2. The van der Waals surface area contributed by atoms with Gasteiger partial charge in [-0.2, -0.15) is 0 Å². The van der Waals surface area contributed by atoms with Crippen LogP contribution < -0.4 is 11.1 Å². The maximum Gasteiger partial charge on any atom is 0.0740 e. The first-order valence-electron chi connectivity index (χ1n) is 4.87. The van der Waals surface area contributed by atoms with E-state index in [1.807, 2.05) is 0 Å². The van der Waals surface area contributed by atoms with Gasteiger partial charge in [0.2, 0.25) is 0 Å². The second-order valence-corrected chi connectivity index (χ2v) is 3.21. The van der Waals surface area contributed by atoms with Gasteiger partial charge < -0.3 is 11.1 Å². The fraction of sp³-hybridized carbons (Fsp3) is 0.455. The highest BCUT2D eigenvalue weighted by Crippen LogP contribution is 2.10. The van der Waals surface area contributed by atoms with Crippen molar-refractivity contribution in [1.82, 2.24) is 0 Å². The molecule has 0 saturated heterocycles. The van der Waals surface area contributed by atoms with Gasteiger partial charge in [0.05, 0.1) is 6.17 Å². The van der Waals surface area contributed by atoms with Gasteiger partial charge in [0.1, 0.15) is 0 Å². The van der Waals surface area contributed by atoms with Gasteiger partial charge in [0.15, 0.2) is 0 Å². The Labute approximate surface area is 80.1 Å². The van der Waals surface area contributed by atoms with Crippen molar-refractivity contribution in [3.8, 4) is 0 Å². The summed E-state index contributed by atoms with van der Waals surface area (Å²) < 4.78 is 0. The monoisotopic (exact) mass is 178 g/mol. The molecule has 1 aromatic carbocycles. The predicted octanol–water partition coefficient (Wildman–Crippen LogP) is 2.36. The van der Waals surface area contributed by atoms with Gasteiger partial charge in [-0.3, -0.25) is 0 Å². The number of benzene rings is 1. The second kappa shape index (κ2) is 4.87. The van der Waals surface area contributed by atoms with Gasteiger partial charge in [0, 0.05) is 5.69 Å². The van der Waals surface area contributed by atoms with Crippen molar-refractivity contribution in [3.63, 3.8) is 0 Å². The number of nitrogens with one attached hydrogen (secondary N) is 1. The third-order valence-corrected chi connectivity index (χ3v) is 2.15. The number of hydrogen-bond donors (Lipinski definition) is 2. The average Bonchev–Trinajstić information content (AvgIpc) is 2.19. The maximum atomic E-state index is 5.76. The van der Waals surface area contributed by atoms with Gasteiger partial charge in [-0.1, -0.05) is 26.0 Å². The second-order valence-electron chi connectivity index (χ2n) is 3.21. The van der Waals surface area contributed by atoms with E-state index in [-0.39, 0.29) is 6.17 Å². The normalized spacial score (nSPS) is 12.5. The summed E-state index contributed by atoms with van der Waals surface area (Å²) in [4.78, 5) is 0. The van der Waals surface area contributed by atoms with Crippen molar-refractivity contribution >= 4 is 5.69 Å². The van der Waals surface area contributed by atoms with Crippen molar-refractivity contribution in [2.75, 3.05) is 5.32 Å². The van der Waals surface area contributed by atoms with Crippen molar-refractivity contribution < 1.29 is 0 Å². The summed E-state index contributed by atoms with van der Waals surface area (Å²) in [7, 11) is 0. The number of aryl methyl sites for hydroxylation is 1. The van der Waals surface area contributed by atoms with Gasteiger partial charge in [-0.05, 0) is 30.5 Å². The molecule has 0 aliphatic rings. The molecule has 13 heavy (non-hydrogen) atoms. The molecule has 2 nitrogen and oxygen atoms in total. The molecule has 72 valence electrons. The van der Waals surface area contributed by atoms with Crippen LogP contribution >= 0.6 is 0 Å². The van der Waals surface area contributed by atoms with E-state index < -0.39 is 0 Å². The first-order chi connectivity index (χ1) is 6.26. The van der Waals surface area contributed by atoms with Crippen molar-refractivity contribution in [1.29, 1.82) is 0 Å². The van der Waals surface area contributed by atoms with E-state index in [0.717, 1.165) is 18.5 Å². The average molecular weight is 178 g/mol. The molecule has 0 aromatic heterocycles. The minimum Gasteiger partial charge on any atom is -0.370 e. The summed E-state index contributed by atoms with van der Waals surface area (Å²) in [6.45, 7) is 4.22. The standard InChI is InChI=1S/C11H18N2/c1-3-9-5-7-10(8-6-9)13-11(12)4-2/h5-8,11,13H,3-4,12H2,1-2H3. The summed E-state index contributed by atoms with van der Waals surface area (Å²) in [6, 6.07) is 8.41. The Balaban J connectivity index is 2.58. The number of nitrogens with two attached hydrogens (primary N) is 1. The predicted molar refractivity (Wildman–Crippen MR) is 57.7 cm³/mol. The molecule has 0 saturated carbocycles. The highest BCUT2D eigenvalue weighted by atomic mass is 15.0. The van der Waals surface area contributed by atoms with Gasteiger partial charge in [-0.15, -0.1) is 0 Å². The lowest BCUT2D eigenvalue weighted by Crippen LogP contribution is -2.28. The quantitative estimate of drug-likeness (QED) is 0.695. The van der Waals surface area contributed by atoms with Gasteiger partial charge in [0.25, 0.3) is 0 Å². The lowest BCUT2D eigenvalue weighted by molar-refractivity contribution is 0.730. The highest BCUT2D eigenvalue weighted by Gasteiger charge is 1.97. The Bertz CT molecular complexity index is 241. The summed E-state index contributed by atoms with van der Waals surface area (Å²) in [6.07, 6.45) is 2.09. The molecule has 0 heterocycles. The van der Waals surface area contributed by atoms with Crippen LogP contribution in [0.15, 0.2) is 24.3 Å². The molecule has 1 rings (SSSR count). The Hall–Kier alpha value is -1.02. The summed E-state index contributed by atoms with van der Waals surface area (Å²) >= 11 is 0. The van der Waals surface area contributed by atoms with Crippen LogP contribution in [-0.4, -0.2) is 6.17 Å². The molecule has 0 aliphatic carbocycles. The van der Waals surface area contributed by atoms with E-state index in [1.165, 1.54) is 5.56 Å². The molecule has 0 fully saturated rings. The van der Waals surface area contributed by atoms with Crippen LogP contribution in [0.3, 0.4) is 0 Å². The largest absolute Gasteiger partial charge is 0.370 e. The van der Waals surface area contributed by atoms with E-state index in [4.69, 9.17) is 5.73 Å². The first-order valence-corrected chi connectivity index (χ1v) is 4.87. The fourth-order valence-electron chi connectivity index (χ4n) is 1.15. The molecule has 0 spiro atoms.